The van der Waals surface area contributed by atoms with Crippen molar-refractivity contribution >= 4 is 27.3 Å². The maximum Gasteiger partial charge on any atom is 0.0738 e. The number of rotatable bonds is 4. The molecule has 0 aliphatic carbocycles. The zero-order valence-electron chi connectivity index (χ0n) is 11.1. The van der Waals surface area contributed by atoms with Gasteiger partial charge < -0.3 is 5.32 Å². The lowest BCUT2D eigenvalue weighted by molar-refractivity contribution is 0.559. The van der Waals surface area contributed by atoms with Gasteiger partial charge in [-0.1, -0.05) is 0 Å². The smallest absolute Gasteiger partial charge is 0.0738 e. The molecule has 1 atom stereocenters. The summed E-state index contributed by atoms with van der Waals surface area (Å²) in [4.78, 5) is 0. The molecule has 0 amide bonds. The van der Waals surface area contributed by atoms with Crippen LogP contribution in [0, 0.1) is 13.8 Å². The van der Waals surface area contributed by atoms with E-state index in [-0.39, 0.29) is 0 Å². The summed E-state index contributed by atoms with van der Waals surface area (Å²) in [6.45, 7) is 4.19. The third kappa shape index (κ3) is 2.53. The number of halogens is 1. The Morgan fingerprint density at radius 2 is 2.17 bits per heavy atom. The maximum atomic E-state index is 4.45. The van der Waals surface area contributed by atoms with E-state index < -0.39 is 0 Å². The lowest BCUT2D eigenvalue weighted by atomic mass is 10.0. The van der Waals surface area contributed by atoms with Crippen LogP contribution in [0.2, 0.25) is 0 Å². The van der Waals surface area contributed by atoms with E-state index in [0.717, 1.165) is 16.6 Å². The fraction of sp³-hybridized carbons (Fsp3) is 0.462. The van der Waals surface area contributed by atoms with Crippen molar-refractivity contribution in [3.05, 3.63) is 37.7 Å². The van der Waals surface area contributed by atoms with Crippen LogP contribution in [0.4, 0.5) is 0 Å². The van der Waals surface area contributed by atoms with Crippen molar-refractivity contribution in [2.75, 3.05) is 7.05 Å². The van der Waals surface area contributed by atoms with Gasteiger partial charge in [-0.05, 0) is 58.7 Å². The molecule has 5 heteroatoms. The van der Waals surface area contributed by atoms with Gasteiger partial charge in [-0.3, -0.25) is 4.68 Å². The number of aryl methyl sites for hydroxylation is 3. The molecule has 0 aliphatic rings. The highest BCUT2D eigenvalue weighted by Crippen LogP contribution is 2.28. The lowest BCUT2D eigenvalue weighted by Gasteiger charge is -2.17. The largest absolute Gasteiger partial charge is 0.313 e. The Balaban J connectivity index is 2.29. The van der Waals surface area contributed by atoms with Crippen molar-refractivity contribution in [3.63, 3.8) is 0 Å². The van der Waals surface area contributed by atoms with E-state index in [4.69, 9.17) is 0 Å². The molecule has 2 rings (SSSR count). The first-order chi connectivity index (χ1) is 8.54. The fourth-order valence-corrected chi connectivity index (χ4v) is 3.59. The zero-order valence-corrected chi connectivity index (χ0v) is 13.5. The Morgan fingerprint density at radius 3 is 2.61 bits per heavy atom. The number of hydrogen-bond acceptors (Lipinski definition) is 3. The summed E-state index contributed by atoms with van der Waals surface area (Å²) in [6, 6.07) is 0.336. The first kappa shape index (κ1) is 13.8. The van der Waals surface area contributed by atoms with Gasteiger partial charge in [-0.25, -0.2) is 0 Å². The SMILES string of the molecule is CNC(Cc1c(Br)c(C)nn1C)c1cscc1C. The molecule has 0 bridgehead atoms. The second-order valence-electron chi connectivity index (χ2n) is 4.53. The van der Waals surface area contributed by atoms with Gasteiger partial charge in [0.25, 0.3) is 0 Å². The predicted molar refractivity (Wildman–Crippen MR) is 80.2 cm³/mol. The van der Waals surface area contributed by atoms with E-state index in [1.807, 2.05) is 25.7 Å². The Hall–Kier alpha value is -0.650. The third-order valence-corrected chi connectivity index (χ3v) is 5.19. The third-order valence-electron chi connectivity index (χ3n) is 3.28. The van der Waals surface area contributed by atoms with E-state index in [1.54, 1.807) is 11.3 Å². The van der Waals surface area contributed by atoms with Crippen LogP contribution in [-0.2, 0) is 13.5 Å². The normalized spacial score (nSPS) is 12.9. The highest BCUT2D eigenvalue weighted by Gasteiger charge is 2.18. The minimum absolute atomic E-state index is 0.336. The summed E-state index contributed by atoms with van der Waals surface area (Å²) in [7, 11) is 4.01. The van der Waals surface area contributed by atoms with E-state index in [0.29, 0.717) is 6.04 Å². The zero-order chi connectivity index (χ0) is 13.3. The highest BCUT2D eigenvalue weighted by atomic mass is 79.9. The van der Waals surface area contributed by atoms with Gasteiger partial charge in [0, 0.05) is 19.5 Å². The van der Waals surface area contributed by atoms with Crippen LogP contribution in [0.15, 0.2) is 15.2 Å². The topological polar surface area (TPSA) is 29.9 Å². The molecule has 3 nitrogen and oxygen atoms in total. The number of hydrogen-bond donors (Lipinski definition) is 1. The summed E-state index contributed by atoms with van der Waals surface area (Å²) in [5.74, 6) is 0. The fourth-order valence-electron chi connectivity index (χ4n) is 2.19. The maximum absolute atomic E-state index is 4.45. The van der Waals surface area contributed by atoms with Crippen LogP contribution in [0.25, 0.3) is 0 Å². The molecule has 2 heterocycles. The minimum Gasteiger partial charge on any atom is -0.313 e. The molecule has 98 valence electrons. The van der Waals surface area contributed by atoms with Gasteiger partial charge in [-0.2, -0.15) is 16.4 Å². The molecular formula is C13H18BrN3S. The molecule has 0 spiro atoms. The monoisotopic (exact) mass is 327 g/mol. The molecule has 0 fully saturated rings. The van der Waals surface area contributed by atoms with E-state index in [9.17, 15) is 0 Å². The molecule has 1 unspecified atom stereocenters. The minimum atomic E-state index is 0.336. The van der Waals surface area contributed by atoms with Gasteiger partial charge in [0.05, 0.1) is 15.9 Å². The molecule has 0 aromatic carbocycles. The van der Waals surface area contributed by atoms with Crippen LogP contribution in [0.1, 0.15) is 28.6 Å². The lowest BCUT2D eigenvalue weighted by Crippen LogP contribution is -2.20. The molecule has 1 N–H and O–H groups in total. The van der Waals surface area contributed by atoms with E-state index >= 15 is 0 Å². The molecule has 0 saturated carbocycles. The second-order valence-corrected chi connectivity index (χ2v) is 6.06. The Labute approximate surface area is 120 Å². The van der Waals surface area contributed by atoms with E-state index in [1.165, 1.54) is 16.8 Å². The van der Waals surface area contributed by atoms with Crippen LogP contribution < -0.4 is 5.32 Å². The van der Waals surface area contributed by atoms with Crippen molar-refractivity contribution in [2.45, 2.75) is 26.3 Å². The van der Waals surface area contributed by atoms with Crippen LogP contribution >= 0.6 is 27.3 Å². The van der Waals surface area contributed by atoms with Crippen molar-refractivity contribution in [1.82, 2.24) is 15.1 Å². The summed E-state index contributed by atoms with van der Waals surface area (Å²) in [6.07, 6.45) is 0.937. The Kier molecular flexibility index (Phi) is 4.25. The molecule has 0 radical (unpaired) electrons. The molecule has 0 aliphatic heterocycles. The van der Waals surface area contributed by atoms with E-state index in [2.05, 4.69) is 44.0 Å². The molecule has 18 heavy (non-hydrogen) atoms. The average molecular weight is 328 g/mol. The van der Waals surface area contributed by atoms with Crippen LogP contribution in [0.5, 0.6) is 0 Å². The first-order valence-corrected chi connectivity index (χ1v) is 7.66. The summed E-state index contributed by atoms with van der Waals surface area (Å²) < 4.78 is 3.09. The summed E-state index contributed by atoms with van der Waals surface area (Å²) >= 11 is 5.39. The van der Waals surface area contributed by atoms with Crippen molar-refractivity contribution in [2.24, 2.45) is 7.05 Å². The number of nitrogens with one attached hydrogen (secondary N) is 1. The predicted octanol–water partition coefficient (Wildman–Crippen LogP) is 3.36. The molecular weight excluding hydrogens is 310 g/mol. The molecule has 0 saturated heterocycles. The summed E-state index contributed by atoms with van der Waals surface area (Å²) in [5, 5.41) is 12.3. The number of nitrogens with zero attached hydrogens (tertiary/aromatic N) is 2. The van der Waals surface area contributed by atoms with Gasteiger partial charge in [0.15, 0.2) is 0 Å². The van der Waals surface area contributed by atoms with Gasteiger partial charge in [-0.15, -0.1) is 0 Å². The Bertz CT molecular complexity index is 544. The molecule has 2 aromatic heterocycles. The highest BCUT2D eigenvalue weighted by molar-refractivity contribution is 9.10. The van der Waals surface area contributed by atoms with Crippen molar-refractivity contribution < 1.29 is 0 Å². The second kappa shape index (κ2) is 5.55. The van der Waals surface area contributed by atoms with Gasteiger partial charge in [0.2, 0.25) is 0 Å². The standard InChI is InChI=1S/C13H18BrN3S/c1-8-6-18-7-10(8)11(15-3)5-12-13(14)9(2)16-17(12)4/h6-7,11,15H,5H2,1-4H3. The van der Waals surface area contributed by atoms with Crippen molar-refractivity contribution in [1.29, 1.82) is 0 Å². The van der Waals surface area contributed by atoms with Crippen molar-refractivity contribution in [3.8, 4) is 0 Å². The summed E-state index contributed by atoms with van der Waals surface area (Å²) in [5.41, 5.74) is 5.02. The van der Waals surface area contributed by atoms with Crippen LogP contribution in [0.3, 0.4) is 0 Å². The first-order valence-electron chi connectivity index (χ1n) is 5.92. The number of aromatic nitrogens is 2. The number of thiophene rings is 1. The average Bonchev–Trinajstić information content (AvgIpc) is 2.84. The Morgan fingerprint density at radius 1 is 1.44 bits per heavy atom. The quantitative estimate of drug-likeness (QED) is 0.933. The van der Waals surface area contributed by atoms with Crippen LogP contribution in [-0.4, -0.2) is 16.8 Å². The number of likely N-dealkylation sites (N-methyl/N-ethyl adjacent to an activating group) is 1. The van der Waals surface area contributed by atoms with Gasteiger partial charge in [0.1, 0.15) is 0 Å². The molecule has 2 aromatic rings. The van der Waals surface area contributed by atoms with Gasteiger partial charge >= 0.3 is 0 Å².